The van der Waals surface area contributed by atoms with Gasteiger partial charge in [0.1, 0.15) is 6.61 Å². The van der Waals surface area contributed by atoms with Gasteiger partial charge < -0.3 is 9.57 Å². The lowest BCUT2D eigenvalue weighted by atomic mass is 10.1. The Balaban J connectivity index is 1.69. The predicted molar refractivity (Wildman–Crippen MR) is 108 cm³/mol. The molecule has 3 rings (SSSR count). The molecule has 28 heavy (non-hydrogen) atoms. The number of carbonyl (C=O) groups is 1. The number of hydrazine groups is 1. The van der Waals surface area contributed by atoms with Gasteiger partial charge in [0.2, 0.25) is 5.72 Å². The molecule has 0 aromatic heterocycles. The average molecular weight is 381 g/mol. The molecule has 0 bridgehead atoms. The molecule has 6 heteroatoms. The van der Waals surface area contributed by atoms with Gasteiger partial charge in [0.05, 0.1) is 6.61 Å². The maximum atomic E-state index is 12.5. The molecule has 0 saturated heterocycles. The van der Waals surface area contributed by atoms with Gasteiger partial charge in [0, 0.05) is 12.0 Å². The van der Waals surface area contributed by atoms with Crippen molar-refractivity contribution in [3.63, 3.8) is 0 Å². The Morgan fingerprint density at radius 2 is 1.86 bits per heavy atom. The Morgan fingerprint density at radius 1 is 1.18 bits per heavy atom. The van der Waals surface area contributed by atoms with Crippen LogP contribution in [-0.4, -0.2) is 29.1 Å². The number of rotatable bonds is 7. The molecule has 2 aromatic carbocycles. The molecule has 1 unspecified atom stereocenters. The van der Waals surface area contributed by atoms with Crippen molar-refractivity contribution >= 4 is 11.7 Å². The summed E-state index contributed by atoms with van der Waals surface area (Å²) in [6, 6.07) is 15.9. The molecule has 0 spiro atoms. The highest BCUT2D eigenvalue weighted by Crippen LogP contribution is 2.29. The zero-order valence-corrected chi connectivity index (χ0v) is 16.9. The maximum Gasteiger partial charge on any atom is 0.264 e. The van der Waals surface area contributed by atoms with Gasteiger partial charge in [0.15, 0.2) is 5.84 Å². The summed E-state index contributed by atoms with van der Waals surface area (Å²) in [6.45, 7) is 8.29. The lowest BCUT2D eigenvalue weighted by Gasteiger charge is -2.33. The van der Waals surface area contributed by atoms with Crippen molar-refractivity contribution in [3.8, 4) is 0 Å². The fourth-order valence-electron chi connectivity index (χ4n) is 3.12. The van der Waals surface area contributed by atoms with Gasteiger partial charge in [-0.1, -0.05) is 59.6 Å². The molecule has 0 fully saturated rings. The van der Waals surface area contributed by atoms with Crippen molar-refractivity contribution in [3.05, 3.63) is 70.8 Å². The van der Waals surface area contributed by atoms with Crippen molar-refractivity contribution in [1.29, 1.82) is 0 Å². The first-order valence-corrected chi connectivity index (χ1v) is 9.47. The Hall–Kier alpha value is -2.86. The third-order valence-corrected chi connectivity index (χ3v) is 4.73. The Labute approximate surface area is 166 Å². The summed E-state index contributed by atoms with van der Waals surface area (Å²) in [5.41, 5.74) is 6.34. The van der Waals surface area contributed by atoms with Crippen LogP contribution in [0.1, 0.15) is 42.5 Å². The van der Waals surface area contributed by atoms with Crippen molar-refractivity contribution in [2.24, 2.45) is 5.16 Å². The summed E-state index contributed by atoms with van der Waals surface area (Å²) in [5, 5.41) is 5.97. The molecule has 0 aliphatic carbocycles. The largest absolute Gasteiger partial charge is 0.367 e. The number of aryl methyl sites for hydroxylation is 2. The number of nitrogens with zero attached hydrogens (tertiary/aromatic N) is 2. The van der Waals surface area contributed by atoms with Crippen molar-refractivity contribution < 1.29 is 14.4 Å². The lowest BCUT2D eigenvalue weighted by molar-refractivity contribution is -0.143. The minimum atomic E-state index is -0.748. The van der Waals surface area contributed by atoms with E-state index in [2.05, 4.69) is 16.6 Å². The lowest BCUT2D eigenvalue weighted by Crippen LogP contribution is -2.56. The second-order valence-electron chi connectivity index (χ2n) is 7.26. The quantitative estimate of drug-likeness (QED) is 0.795. The second-order valence-corrected chi connectivity index (χ2v) is 7.26. The van der Waals surface area contributed by atoms with Crippen molar-refractivity contribution in [2.75, 3.05) is 6.61 Å². The molecule has 1 heterocycles. The number of oxime groups is 1. The number of carbonyl (C=O) groups excluding carboxylic acids is 1. The molecule has 1 N–H and O–H groups in total. The van der Waals surface area contributed by atoms with Crippen LogP contribution in [0.4, 0.5) is 0 Å². The first kappa shape index (κ1) is 19.9. The van der Waals surface area contributed by atoms with Crippen LogP contribution in [0.3, 0.4) is 0 Å². The summed E-state index contributed by atoms with van der Waals surface area (Å²) in [7, 11) is 0. The van der Waals surface area contributed by atoms with Crippen LogP contribution in [0.15, 0.2) is 53.7 Å². The molecule has 1 aliphatic rings. The summed E-state index contributed by atoms with van der Waals surface area (Å²) in [4.78, 5) is 18.2. The molecule has 148 valence electrons. The first-order chi connectivity index (χ1) is 13.4. The number of hydrogen-bond acceptors (Lipinski definition) is 5. The summed E-state index contributed by atoms with van der Waals surface area (Å²) in [5.74, 6) is 0.339. The zero-order valence-electron chi connectivity index (χ0n) is 16.9. The van der Waals surface area contributed by atoms with E-state index in [1.807, 2.05) is 70.2 Å². The molecule has 6 nitrogen and oxygen atoms in total. The molecule has 2 aromatic rings. The summed E-state index contributed by atoms with van der Waals surface area (Å²) < 4.78 is 5.55. The van der Waals surface area contributed by atoms with Crippen LogP contribution < -0.4 is 5.43 Å². The van der Waals surface area contributed by atoms with Crippen LogP contribution in [0.2, 0.25) is 0 Å². The first-order valence-electron chi connectivity index (χ1n) is 9.47. The number of ether oxygens (including phenoxy) is 1. The molecule has 1 atom stereocenters. The van der Waals surface area contributed by atoms with E-state index >= 15 is 0 Å². The minimum absolute atomic E-state index is 0.0503. The highest BCUT2D eigenvalue weighted by molar-refractivity contribution is 6.00. The average Bonchev–Trinajstić information content (AvgIpc) is 2.99. The number of hydrogen-bond donors (Lipinski definition) is 1. The van der Waals surface area contributed by atoms with Gasteiger partial charge in [0.25, 0.3) is 5.91 Å². The van der Waals surface area contributed by atoms with E-state index in [0.717, 1.165) is 22.3 Å². The van der Waals surface area contributed by atoms with E-state index in [1.165, 1.54) is 0 Å². The van der Waals surface area contributed by atoms with Gasteiger partial charge in [-0.25, -0.2) is 5.01 Å². The Bertz CT molecular complexity index is 846. The Morgan fingerprint density at radius 3 is 2.50 bits per heavy atom. The summed E-state index contributed by atoms with van der Waals surface area (Å²) in [6.07, 6.45) is 0.649. The fraction of sp³-hybridized carbons (Fsp3) is 0.364. The molecule has 0 radical (unpaired) electrons. The smallest absolute Gasteiger partial charge is 0.264 e. The standard InChI is InChI=1S/C22H27N3O3/c1-5-22(4)25(21(24-28-22)19-12-16(2)11-17(3)13-19)23-20(26)15-27-14-18-9-7-6-8-10-18/h6-13H,5,14-15H2,1-4H3,(H,23,26). The topological polar surface area (TPSA) is 63.2 Å². The fourth-order valence-corrected chi connectivity index (χ4v) is 3.12. The van der Waals surface area contributed by atoms with Gasteiger partial charge in [-0.05, 0) is 38.5 Å². The van der Waals surface area contributed by atoms with Gasteiger partial charge in [-0.3, -0.25) is 10.2 Å². The third-order valence-electron chi connectivity index (χ3n) is 4.73. The number of nitrogens with one attached hydrogen (secondary N) is 1. The molecule has 1 aliphatic heterocycles. The number of benzene rings is 2. The number of amidine groups is 1. The van der Waals surface area contributed by atoms with E-state index in [4.69, 9.17) is 9.57 Å². The van der Waals surface area contributed by atoms with E-state index < -0.39 is 5.72 Å². The predicted octanol–water partition coefficient (Wildman–Crippen LogP) is 3.67. The van der Waals surface area contributed by atoms with Gasteiger partial charge in [-0.15, -0.1) is 0 Å². The molecule has 0 saturated carbocycles. The second kappa shape index (κ2) is 8.44. The maximum absolute atomic E-state index is 12.5. The third kappa shape index (κ3) is 4.51. The van der Waals surface area contributed by atoms with Crippen LogP contribution in [0.5, 0.6) is 0 Å². The van der Waals surface area contributed by atoms with Crippen molar-refractivity contribution in [1.82, 2.24) is 10.4 Å². The monoisotopic (exact) mass is 381 g/mol. The van der Waals surface area contributed by atoms with Gasteiger partial charge in [-0.2, -0.15) is 0 Å². The normalized spacial score (nSPS) is 18.6. The minimum Gasteiger partial charge on any atom is -0.367 e. The van der Waals surface area contributed by atoms with E-state index in [-0.39, 0.29) is 12.5 Å². The highest BCUT2D eigenvalue weighted by Gasteiger charge is 2.42. The van der Waals surface area contributed by atoms with Crippen LogP contribution >= 0.6 is 0 Å². The summed E-state index contributed by atoms with van der Waals surface area (Å²) >= 11 is 0. The van der Waals surface area contributed by atoms with Crippen LogP contribution in [-0.2, 0) is 21.0 Å². The molecule has 1 amide bonds. The van der Waals surface area contributed by atoms with Crippen molar-refractivity contribution in [2.45, 2.75) is 46.4 Å². The number of amides is 1. The van der Waals surface area contributed by atoms with Crippen LogP contribution in [0.25, 0.3) is 0 Å². The molecular formula is C22H27N3O3. The van der Waals surface area contributed by atoms with E-state index in [1.54, 1.807) is 5.01 Å². The van der Waals surface area contributed by atoms with Gasteiger partial charge >= 0.3 is 0 Å². The SMILES string of the molecule is CCC1(C)ON=C(c2cc(C)cc(C)c2)N1NC(=O)COCc1ccccc1. The van der Waals surface area contributed by atoms with E-state index in [9.17, 15) is 4.79 Å². The Kier molecular flexibility index (Phi) is 5.99. The molecular weight excluding hydrogens is 354 g/mol. The zero-order chi connectivity index (χ0) is 20.1. The highest BCUT2D eigenvalue weighted by atomic mass is 16.7. The van der Waals surface area contributed by atoms with E-state index in [0.29, 0.717) is 18.9 Å². The van der Waals surface area contributed by atoms with Crippen LogP contribution in [0, 0.1) is 13.8 Å².